The van der Waals surface area contributed by atoms with Crippen LogP contribution in [-0.2, 0) is 4.79 Å². The largest absolute Gasteiger partial charge is 0.348 e. The predicted octanol–water partition coefficient (Wildman–Crippen LogP) is 3.18. The lowest BCUT2D eigenvalue weighted by atomic mass is 10.1. The van der Waals surface area contributed by atoms with Crippen molar-refractivity contribution in [3.63, 3.8) is 0 Å². The maximum atomic E-state index is 13.0. The second-order valence-corrected chi connectivity index (χ2v) is 5.20. The molecule has 24 heavy (non-hydrogen) atoms. The van der Waals surface area contributed by atoms with Gasteiger partial charge in [-0.15, -0.1) is 6.58 Å². The van der Waals surface area contributed by atoms with Crippen molar-refractivity contribution in [3.05, 3.63) is 64.7 Å². The number of rotatable bonds is 5. The van der Waals surface area contributed by atoms with E-state index < -0.39 is 5.91 Å². The quantitative estimate of drug-likeness (QED) is 0.514. The van der Waals surface area contributed by atoms with E-state index in [1.807, 2.05) is 6.07 Å². The average Bonchev–Trinajstić information content (AvgIpc) is 2.85. The zero-order valence-corrected chi connectivity index (χ0v) is 13.6. The molecule has 2 rings (SSSR count). The molecule has 7 heteroatoms. The van der Waals surface area contributed by atoms with Gasteiger partial charge in [-0.3, -0.25) is 4.79 Å². The molecule has 1 heterocycles. The first kappa shape index (κ1) is 17.4. The smallest absolute Gasteiger partial charge is 0.262 e. The van der Waals surface area contributed by atoms with E-state index in [-0.39, 0.29) is 23.1 Å². The highest BCUT2D eigenvalue weighted by molar-refractivity contribution is 6.31. The number of nitrogens with zero attached hydrogens (tertiary/aromatic N) is 3. The van der Waals surface area contributed by atoms with Crippen molar-refractivity contribution in [2.45, 2.75) is 6.92 Å². The van der Waals surface area contributed by atoms with Crippen molar-refractivity contribution in [3.8, 4) is 11.8 Å². The second kappa shape index (κ2) is 7.57. The Bertz CT molecular complexity index is 847. The van der Waals surface area contributed by atoms with Gasteiger partial charge in [0.2, 0.25) is 0 Å². The number of nitriles is 1. The van der Waals surface area contributed by atoms with Crippen LogP contribution in [0.1, 0.15) is 11.3 Å². The van der Waals surface area contributed by atoms with Gasteiger partial charge in [0, 0.05) is 12.1 Å². The minimum absolute atomic E-state index is 0.0968. The maximum Gasteiger partial charge on any atom is 0.262 e. The topological polar surface area (TPSA) is 70.7 Å². The highest BCUT2D eigenvalue weighted by atomic mass is 35.5. The molecule has 0 spiro atoms. The number of hydrogen-bond donors (Lipinski definition) is 1. The Balaban J connectivity index is 2.43. The van der Waals surface area contributed by atoms with Gasteiger partial charge in [0.05, 0.1) is 11.4 Å². The first-order valence-corrected chi connectivity index (χ1v) is 7.37. The number of amides is 1. The van der Waals surface area contributed by atoms with E-state index in [0.717, 1.165) is 0 Å². The SMILES string of the molecule is C=CCNC(=O)/C(C#N)=C\c1c(C)nn(-c2ccc(F)cc2)c1Cl. The molecule has 0 saturated heterocycles. The minimum atomic E-state index is -0.526. The number of benzene rings is 1. The van der Waals surface area contributed by atoms with Crippen molar-refractivity contribution in [2.75, 3.05) is 6.54 Å². The summed E-state index contributed by atoms with van der Waals surface area (Å²) in [5, 5.41) is 16.2. The van der Waals surface area contributed by atoms with Gasteiger partial charge in [-0.25, -0.2) is 9.07 Å². The Morgan fingerprint density at radius 3 is 2.75 bits per heavy atom. The summed E-state index contributed by atoms with van der Waals surface area (Å²) in [6, 6.07) is 7.49. The molecule has 0 radical (unpaired) electrons. The van der Waals surface area contributed by atoms with Gasteiger partial charge in [0.25, 0.3) is 5.91 Å². The van der Waals surface area contributed by atoms with Crippen LogP contribution in [0.4, 0.5) is 4.39 Å². The number of carbonyl (C=O) groups is 1. The van der Waals surface area contributed by atoms with Crippen molar-refractivity contribution in [1.29, 1.82) is 5.26 Å². The fraction of sp³-hybridized carbons (Fsp3) is 0.118. The average molecular weight is 345 g/mol. The summed E-state index contributed by atoms with van der Waals surface area (Å²) in [5.74, 6) is -0.896. The summed E-state index contributed by atoms with van der Waals surface area (Å²) >= 11 is 6.32. The van der Waals surface area contributed by atoms with Gasteiger partial charge in [0.1, 0.15) is 22.6 Å². The van der Waals surface area contributed by atoms with Crippen LogP contribution in [0.2, 0.25) is 5.15 Å². The molecule has 1 N–H and O–H groups in total. The van der Waals surface area contributed by atoms with Crippen LogP contribution < -0.4 is 5.32 Å². The molecule has 0 aliphatic heterocycles. The van der Waals surface area contributed by atoms with Gasteiger partial charge in [-0.1, -0.05) is 17.7 Å². The Kier molecular flexibility index (Phi) is 5.51. The van der Waals surface area contributed by atoms with E-state index in [9.17, 15) is 14.4 Å². The summed E-state index contributed by atoms with van der Waals surface area (Å²) in [4.78, 5) is 11.9. The van der Waals surface area contributed by atoms with E-state index in [4.69, 9.17) is 11.6 Å². The molecule has 1 amide bonds. The van der Waals surface area contributed by atoms with Crippen LogP contribution in [0.25, 0.3) is 11.8 Å². The zero-order valence-electron chi connectivity index (χ0n) is 12.9. The maximum absolute atomic E-state index is 13.0. The molecular formula is C17H14ClFN4O. The molecule has 0 unspecified atom stereocenters. The van der Waals surface area contributed by atoms with E-state index in [2.05, 4.69) is 17.0 Å². The number of aromatic nitrogens is 2. The lowest BCUT2D eigenvalue weighted by Gasteiger charge is -2.03. The standard InChI is InChI=1S/C17H14ClFN4O/c1-3-8-21-17(24)12(10-20)9-15-11(2)22-23(16(15)18)14-6-4-13(19)5-7-14/h3-7,9H,1,8H2,2H3,(H,21,24)/b12-9-. The van der Waals surface area contributed by atoms with E-state index in [1.54, 1.807) is 6.92 Å². The Hall–Kier alpha value is -2.91. The monoisotopic (exact) mass is 344 g/mol. The van der Waals surface area contributed by atoms with Crippen molar-refractivity contribution < 1.29 is 9.18 Å². The third kappa shape index (κ3) is 3.70. The molecule has 0 aliphatic rings. The fourth-order valence-electron chi connectivity index (χ4n) is 1.98. The molecule has 5 nitrogen and oxygen atoms in total. The van der Waals surface area contributed by atoms with Gasteiger partial charge in [-0.05, 0) is 37.3 Å². The summed E-state index contributed by atoms with van der Waals surface area (Å²) in [5.41, 5.74) is 1.46. The summed E-state index contributed by atoms with van der Waals surface area (Å²) in [6.07, 6.45) is 2.89. The molecular weight excluding hydrogens is 331 g/mol. The van der Waals surface area contributed by atoms with E-state index in [1.165, 1.54) is 41.1 Å². The Labute approximate surface area is 143 Å². The van der Waals surface area contributed by atoms with E-state index in [0.29, 0.717) is 16.9 Å². The van der Waals surface area contributed by atoms with Crippen molar-refractivity contribution in [2.24, 2.45) is 0 Å². The Morgan fingerprint density at radius 2 is 2.17 bits per heavy atom. The highest BCUT2D eigenvalue weighted by Gasteiger charge is 2.16. The number of halogens is 2. The highest BCUT2D eigenvalue weighted by Crippen LogP contribution is 2.25. The molecule has 0 atom stereocenters. The van der Waals surface area contributed by atoms with Gasteiger partial charge < -0.3 is 5.32 Å². The first-order valence-electron chi connectivity index (χ1n) is 7.00. The number of hydrogen-bond acceptors (Lipinski definition) is 3. The summed E-state index contributed by atoms with van der Waals surface area (Å²) in [6.45, 7) is 5.45. The molecule has 0 saturated carbocycles. The number of aryl methyl sites for hydroxylation is 1. The van der Waals surface area contributed by atoms with Crippen LogP contribution in [0.5, 0.6) is 0 Å². The van der Waals surface area contributed by atoms with Crippen molar-refractivity contribution >= 4 is 23.6 Å². The molecule has 0 fully saturated rings. The normalized spacial score (nSPS) is 11.0. The van der Waals surface area contributed by atoms with E-state index >= 15 is 0 Å². The summed E-state index contributed by atoms with van der Waals surface area (Å²) in [7, 11) is 0. The van der Waals surface area contributed by atoms with Crippen LogP contribution in [0.3, 0.4) is 0 Å². The third-order valence-corrected chi connectivity index (χ3v) is 3.54. The zero-order chi connectivity index (χ0) is 17.7. The molecule has 122 valence electrons. The second-order valence-electron chi connectivity index (χ2n) is 4.85. The summed E-state index contributed by atoms with van der Waals surface area (Å²) < 4.78 is 14.5. The van der Waals surface area contributed by atoms with Crippen LogP contribution >= 0.6 is 11.6 Å². The molecule has 0 aliphatic carbocycles. The van der Waals surface area contributed by atoms with Crippen LogP contribution in [-0.4, -0.2) is 22.2 Å². The molecule has 1 aromatic carbocycles. The van der Waals surface area contributed by atoms with Gasteiger partial charge in [-0.2, -0.15) is 10.4 Å². The molecule has 2 aromatic rings. The van der Waals surface area contributed by atoms with Crippen LogP contribution in [0.15, 0.2) is 42.5 Å². The number of nitrogens with one attached hydrogen (secondary N) is 1. The van der Waals surface area contributed by atoms with Gasteiger partial charge in [0.15, 0.2) is 0 Å². The third-order valence-electron chi connectivity index (χ3n) is 3.18. The molecule has 0 bridgehead atoms. The Morgan fingerprint density at radius 1 is 1.50 bits per heavy atom. The van der Waals surface area contributed by atoms with Crippen LogP contribution in [0, 0.1) is 24.1 Å². The van der Waals surface area contributed by atoms with Gasteiger partial charge >= 0.3 is 0 Å². The molecule has 1 aromatic heterocycles. The fourth-order valence-corrected chi connectivity index (χ4v) is 2.31. The first-order chi connectivity index (χ1) is 11.5. The minimum Gasteiger partial charge on any atom is -0.348 e. The number of carbonyl (C=O) groups excluding carboxylic acids is 1. The predicted molar refractivity (Wildman–Crippen MR) is 90.1 cm³/mol. The van der Waals surface area contributed by atoms with Crippen molar-refractivity contribution in [1.82, 2.24) is 15.1 Å². The lowest BCUT2D eigenvalue weighted by molar-refractivity contribution is -0.116. The lowest BCUT2D eigenvalue weighted by Crippen LogP contribution is -2.24.